The van der Waals surface area contributed by atoms with Crippen molar-refractivity contribution in [3.8, 4) is 10.4 Å². The van der Waals surface area contributed by atoms with Crippen molar-refractivity contribution in [3.05, 3.63) is 42.7 Å². The van der Waals surface area contributed by atoms with Crippen LogP contribution in [0, 0.1) is 5.92 Å². The van der Waals surface area contributed by atoms with Crippen LogP contribution < -0.4 is 4.90 Å². The summed E-state index contributed by atoms with van der Waals surface area (Å²) in [6.07, 6.45) is 7.71. The van der Waals surface area contributed by atoms with Crippen molar-refractivity contribution in [1.82, 2.24) is 9.97 Å². The molecule has 0 spiro atoms. The number of anilines is 1. The van der Waals surface area contributed by atoms with E-state index in [-0.39, 0.29) is 6.67 Å². The van der Waals surface area contributed by atoms with Gasteiger partial charge in [0.25, 0.3) is 0 Å². The van der Waals surface area contributed by atoms with E-state index in [0.29, 0.717) is 12.3 Å². The topological polar surface area (TPSA) is 29.0 Å². The van der Waals surface area contributed by atoms with Gasteiger partial charge in [0.2, 0.25) is 0 Å². The molecule has 0 atom stereocenters. The molecular weight excluding hydrogens is 333 g/mol. The molecule has 1 saturated heterocycles. The van der Waals surface area contributed by atoms with Crippen molar-refractivity contribution >= 4 is 27.4 Å². The Morgan fingerprint density at radius 3 is 2.84 bits per heavy atom. The van der Waals surface area contributed by atoms with Gasteiger partial charge in [0.15, 0.2) is 0 Å². The van der Waals surface area contributed by atoms with Gasteiger partial charge in [-0.3, -0.25) is 9.37 Å². The number of halogens is 1. The summed E-state index contributed by atoms with van der Waals surface area (Å²) in [6.45, 7) is 1.86. The number of alkyl halides is 1. The summed E-state index contributed by atoms with van der Waals surface area (Å²) in [6, 6.07) is 10.5. The second kappa shape index (κ2) is 7.48. The number of nitrogens with zero attached hydrogens (tertiary/aromatic N) is 3. The maximum absolute atomic E-state index is 12.3. The third-order valence-corrected chi connectivity index (χ3v) is 6.09. The lowest BCUT2D eigenvalue weighted by molar-refractivity contribution is 0.346. The Morgan fingerprint density at radius 1 is 1.20 bits per heavy atom. The molecule has 0 unspecified atom stereocenters. The molecule has 0 saturated carbocycles. The summed E-state index contributed by atoms with van der Waals surface area (Å²) in [5, 5.41) is 1.19. The zero-order valence-corrected chi connectivity index (χ0v) is 15.0. The Kier molecular flexibility index (Phi) is 4.92. The van der Waals surface area contributed by atoms with Crippen LogP contribution in [0.3, 0.4) is 0 Å². The molecule has 0 radical (unpaired) electrons. The van der Waals surface area contributed by atoms with E-state index in [2.05, 4.69) is 34.1 Å². The van der Waals surface area contributed by atoms with Gasteiger partial charge >= 0.3 is 0 Å². The van der Waals surface area contributed by atoms with Crippen molar-refractivity contribution in [2.45, 2.75) is 25.7 Å². The second-order valence-electron chi connectivity index (χ2n) is 6.68. The maximum atomic E-state index is 12.3. The first kappa shape index (κ1) is 16.5. The van der Waals surface area contributed by atoms with Crippen LogP contribution in [0.25, 0.3) is 20.7 Å². The SMILES string of the molecule is FCCCC1CCN(c2ccc3cc(-c4cccnc4)sc3n2)CC1. The first-order valence-corrected chi connectivity index (χ1v) is 9.77. The summed E-state index contributed by atoms with van der Waals surface area (Å²) >= 11 is 1.72. The zero-order valence-electron chi connectivity index (χ0n) is 14.2. The minimum absolute atomic E-state index is 0.184. The van der Waals surface area contributed by atoms with Crippen molar-refractivity contribution in [2.24, 2.45) is 5.92 Å². The van der Waals surface area contributed by atoms with E-state index in [1.165, 1.54) is 10.3 Å². The van der Waals surface area contributed by atoms with Crippen LogP contribution in [-0.2, 0) is 0 Å². The lowest BCUT2D eigenvalue weighted by Gasteiger charge is -2.32. The lowest BCUT2D eigenvalue weighted by atomic mass is 9.92. The molecule has 0 N–H and O–H groups in total. The van der Waals surface area contributed by atoms with Crippen LogP contribution >= 0.6 is 11.3 Å². The van der Waals surface area contributed by atoms with Gasteiger partial charge < -0.3 is 4.90 Å². The quantitative estimate of drug-likeness (QED) is 0.620. The van der Waals surface area contributed by atoms with Crippen LogP contribution in [0.2, 0.25) is 0 Å². The molecular formula is C20H22FN3S. The molecule has 1 aliphatic rings. The third-order valence-electron chi connectivity index (χ3n) is 5.00. The van der Waals surface area contributed by atoms with Crippen LogP contribution in [0.1, 0.15) is 25.7 Å². The minimum atomic E-state index is -0.184. The average Bonchev–Trinajstić information content (AvgIpc) is 3.11. The molecule has 0 aliphatic carbocycles. The smallest absolute Gasteiger partial charge is 0.130 e. The number of thiophene rings is 1. The van der Waals surface area contributed by atoms with Gasteiger partial charge in [-0.1, -0.05) is 6.07 Å². The lowest BCUT2D eigenvalue weighted by Crippen LogP contribution is -2.34. The van der Waals surface area contributed by atoms with Gasteiger partial charge in [-0.25, -0.2) is 4.98 Å². The number of pyridine rings is 2. The summed E-state index contributed by atoms with van der Waals surface area (Å²) < 4.78 is 12.3. The van der Waals surface area contributed by atoms with E-state index < -0.39 is 0 Å². The highest BCUT2D eigenvalue weighted by atomic mass is 32.1. The Bertz CT molecular complexity index is 825. The first-order valence-electron chi connectivity index (χ1n) is 8.95. The van der Waals surface area contributed by atoms with Gasteiger partial charge in [-0.05, 0) is 55.9 Å². The number of aromatic nitrogens is 2. The maximum Gasteiger partial charge on any atom is 0.130 e. The Balaban J connectivity index is 1.50. The first-order chi connectivity index (χ1) is 12.3. The summed E-state index contributed by atoms with van der Waals surface area (Å²) in [7, 11) is 0. The van der Waals surface area contributed by atoms with Crippen LogP contribution in [-0.4, -0.2) is 29.7 Å². The highest BCUT2D eigenvalue weighted by Gasteiger charge is 2.20. The fourth-order valence-corrected chi connectivity index (χ4v) is 4.57. The molecule has 0 aromatic carbocycles. The molecule has 1 aliphatic heterocycles. The van der Waals surface area contributed by atoms with Crippen molar-refractivity contribution in [3.63, 3.8) is 0 Å². The molecule has 5 heteroatoms. The highest BCUT2D eigenvalue weighted by Crippen LogP contribution is 2.34. The molecule has 3 nitrogen and oxygen atoms in total. The largest absolute Gasteiger partial charge is 0.357 e. The van der Waals surface area contributed by atoms with Gasteiger partial charge in [0.05, 0.1) is 6.67 Å². The monoisotopic (exact) mass is 355 g/mol. The van der Waals surface area contributed by atoms with Gasteiger partial charge in [0, 0.05) is 41.3 Å². The highest BCUT2D eigenvalue weighted by molar-refractivity contribution is 7.21. The number of piperidine rings is 1. The molecule has 4 heterocycles. The summed E-state index contributed by atoms with van der Waals surface area (Å²) in [5.74, 6) is 1.74. The average molecular weight is 355 g/mol. The number of hydrogen-bond acceptors (Lipinski definition) is 4. The van der Waals surface area contributed by atoms with Crippen LogP contribution in [0.15, 0.2) is 42.7 Å². The van der Waals surface area contributed by atoms with E-state index in [1.54, 1.807) is 17.5 Å². The Labute approximate surface area is 151 Å². The Hall–Kier alpha value is -2.01. The van der Waals surface area contributed by atoms with Gasteiger partial charge in [-0.15, -0.1) is 11.3 Å². The van der Waals surface area contributed by atoms with Crippen LogP contribution in [0.5, 0.6) is 0 Å². The number of fused-ring (bicyclic) bond motifs is 1. The van der Waals surface area contributed by atoms with E-state index in [0.717, 1.165) is 48.6 Å². The van der Waals surface area contributed by atoms with Gasteiger partial charge in [-0.2, -0.15) is 0 Å². The van der Waals surface area contributed by atoms with Crippen molar-refractivity contribution < 1.29 is 4.39 Å². The molecule has 25 heavy (non-hydrogen) atoms. The molecule has 4 rings (SSSR count). The summed E-state index contributed by atoms with van der Waals surface area (Å²) in [5.41, 5.74) is 1.14. The second-order valence-corrected chi connectivity index (χ2v) is 7.71. The molecule has 3 aromatic rings. The standard InChI is InChI=1S/C20H22FN3S/c21-9-1-3-15-7-11-24(12-8-15)19-6-5-16-13-18(25-20(16)23-19)17-4-2-10-22-14-17/h2,4-6,10,13-15H,1,3,7-9,11-12H2. The van der Waals surface area contributed by atoms with Gasteiger partial charge in [0.1, 0.15) is 10.6 Å². The number of rotatable bonds is 5. The van der Waals surface area contributed by atoms with E-state index in [1.807, 2.05) is 12.3 Å². The third kappa shape index (κ3) is 3.66. The van der Waals surface area contributed by atoms with E-state index >= 15 is 0 Å². The predicted molar refractivity (Wildman–Crippen MR) is 103 cm³/mol. The number of hydrogen-bond donors (Lipinski definition) is 0. The minimum Gasteiger partial charge on any atom is -0.357 e. The van der Waals surface area contributed by atoms with Crippen LogP contribution in [0.4, 0.5) is 10.2 Å². The van der Waals surface area contributed by atoms with Crippen molar-refractivity contribution in [1.29, 1.82) is 0 Å². The van der Waals surface area contributed by atoms with E-state index in [9.17, 15) is 4.39 Å². The molecule has 0 amide bonds. The summed E-state index contributed by atoms with van der Waals surface area (Å²) in [4.78, 5) is 13.8. The zero-order chi connectivity index (χ0) is 17.1. The molecule has 1 fully saturated rings. The fraction of sp³-hybridized carbons (Fsp3) is 0.400. The Morgan fingerprint density at radius 2 is 2.08 bits per heavy atom. The normalized spacial score (nSPS) is 15.8. The predicted octanol–water partition coefficient (Wildman–Crippen LogP) is 5.32. The molecule has 0 bridgehead atoms. The fourth-order valence-electron chi connectivity index (χ4n) is 3.55. The van der Waals surface area contributed by atoms with E-state index in [4.69, 9.17) is 4.98 Å². The molecule has 130 valence electrons. The molecule has 3 aromatic heterocycles. The van der Waals surface area contributed by atoms with Crippen molar-refractivity contribution in [2.75, 3.05) is 24.7 Å².